The Morgan fingerprint density at radius 1 is 1.35 bits per heavy atom. The van der Waals surface area contributed by atoms with Crippen molar-refractivity contribution in [3.05, 3.63) is 35.9 Å². The van der Waals surface area contributed by atoms with Gasteiger partial charge in [-0.1, -0.05) is 36.8 Å². The van der Waals surface area contributed by atoms with Gasteiger partial charge < -0.3 is 16.0 Å². The van der Waals surface area contributed by atoms with E-state index in [0.717, 1.165) is 24.9 Å². The van der Waals surface area contributed by atoms with E-state index >= 15 is 0 Å². The van der Waals surface area contributed by atoms with Crippen LogP contribution in [-0.4, -0.2) is 30.1 Å². The van der Waals surface area contributed by atoms with Gasteiger partial charge in [-0.05, 0) is 37.8 Å². The van der Waals surface area contributed by atoms with E-state index in [4.69, 9.17) is 5.73 Å². The first-order valence-electron chi connectivity index (χ1n) is 7.54. The first-order chi connectivity index (χ1) is 9.76. The number of hydrogen-bond acceptors (Lipinski definition) is 2. The van der Waals surface area contributed by atoms with E-state index < -0.39 is 0 Å². The molecule has 0 heterocycles. The van der Waals surface area contributed by atoms with Gasteiger partial charge >= 0.3 is 6.03 Å². The Hall–Kier alpha value is -1.55. The van der Waals surface area contributed by atoms with E-state index in [1.54, 1.807) is 0 Å². The third-order valence-corrected chi connectivity index (χ3v) is 4.21. The number of rotatable bonds is 5. The van der Waals surface area contributed by atoms with Gasteiger partial charge in [0.15, 0.2) is 0 Å². The van der Waals surface area contributed by atoms with Crippen LogP contribution in [0.3, 0.4) is 0 Å². The maximum atomic E-state index is 12.4. The fraction of sp³-hybridized carbons (Fsp3) is 0.562. The van der Waals surface area contributed by atoms with Crippen LogP contribution in [0.2, 0.25) is 0 Å². The fourth-order valence-corrected chi connectivity index (χ4v) is 3.11. The van der Waals surface area contributed by atoms with Gasteiger partial charge in [-0.2, -0.15) is 0 Å². The zero-order valence-electron chi connectivity index (χ0n) is 12.2. The maximum absolute atomic E-state index is 12.4. The van der Waals surface area contributed by atoms with Crippen LogP contribution >= 0.6 is 0 Å². The van der Waals surface area contributed by atoms with E-state index in [1.807, 2.05) is 42.2 Å². The molecule has 1 aliphatic carbocycles. The number of nitrogens with two attached hydrogens (primary N) is 1. The molecule has 0 aromatic heterocycles. The van der Waals surface area contributed by atoms with Crippen LogP contribution in [0, 0.1) is 5.92 Å². The highest BCUT2D eigenvalue weighted by Gasteiger charge is 2.32. The van der Waals surface area contributed by atoms with Crippen molar-refractivity contribution in [1.82, 2.24) is 10.2 Å². The standard InChI is InChI=1S/C16H25N3O/c1-2-19(15-10-6-9-14(15)11-17)16(20)18-12-13-7-4-3-5-8-13/h3-5,7-8,14-15H,2,6,9-12,17H2,1H3,(H,18,20). The summed E-state index contributed by atoms with van der Waals surface area (Å²) in [6, 6.07) is 10.3. The lowest BCUT2D eigenvalue weighted by atomic mass is 10.0. The van der Waals surface area contributed by atoms with Crippen LogP contribution in [-0.2, 0) is 6.54 Å². The summed E-state index contributed by atoms with van der Waals surface area (Å²) in [5.41, 5.74) is 6.95. The van der Waals surface area contributed by atoms with Gasteiger partial charge in [-0.25, -0.2) is 4.79 Å². The molecule has 20 heavy (non-hydrogen) atoms. The molecule has 2 unspecified atom stereocenters. The third kappa shape index (κ3) is 3.51. The molecule has 1 aromatic rings. The maximum Gasteiger partial charge on any atom is 0.317 e. The van der Waals surface area contributed by atoms with Gasteiger partial charge in [0.05, 0.1) is 0 Å². The molecule has 0 saturated heterocycles. The highest BCUT2D eigenvalue weighted by molar-refractivity contribution is 5.74. The molecule has 0 aliphatic heterocycles. The van der Waals surface area contributed by atoms with Gasteiger partial charge in [0.2, 0.25) is 0 Å². The summed E-state index contributed by atoms with van der Waals surface area (Å²) in [6.07, 6.45) is 3.40. The molecule has 0 bridgehead atoms. The first kappa shape index (κ1) is 14.9. The lowest BCUT2D eigenvalue weighted by molar-refractivity contribution is 0.162. The highest BCUT2D eigenvalue weighted by Crippen LogP contribution is 2.29. The highest BCUT2D eigenvalue weighted by atomic mass is 16.2. The SMILES string of the molecule is CCN(C(=O)NCc1ccccc1)C1CCCC1CN. The monoisotopic (exact) mass is 275 g/mol. The van der Waals surface area contributed by atoms with Crippen LogP contribution in [0.4, 0.5) is 4.79 Å². The average Bonchev–Trinajstić information content (AvgIpc) is 2.95. The number of nitrogens with one attached hydrogen (secondary N) is 1. The molecule has 1 aliphatic rings. The summed E-state index contributed by atoms with van der Waals surface area (Å²) in [5.74, 6) is 0.456. The summed E-state index contributed by atoms with van der Waals surface area (Å²) in [5, 5.41) is 3.02. The number of carbonyl (C=O) groups is 1. The molecule has 1 fully saturated rings. The van der Waals surface area contributed by atoms with E-state index in [9.17, 15) is 4.79 Å². The minimum Gasteiger partial charge on any atom is -0.334 e. The fourth-order valence-electron chi connectivity index (χ4n) is 3.11. The number of nitrogens with zero attached hydrogens (tertiary/aromatic N) is 1. The zero-order chi connectivity index (χ0) is 14.4. The number of urea groups is 1. The Morgan fingerprint density at radius 3 is 2.75 bits per heavy atom. The molecule has 3 N–H and O–H groups in total. The van der Waals surface area contributed by atoms with Crippen LogP contribution < -0.4 is 11.1 Å². The molecular weight excluding hydrogens is 250 g/mol. The van der Waals surface area contributed by atoms with Crippen molar-refractivity contribution < 1.29 is 4.79 Å². The number of benzene rings is 1. The van der Waals surface area contributed by atoms with Gasteiger partial charge in [0, 0.05) is 19.1 Å². The molecule has 0 spiro atoms. The summed E-state index contributed by atoms with van der Waals surface area (Å²) in [7, 11) is 0. The number of amides is 2. The van der Waals surface area contributed by atoms with Crippen LogP contribution in [0.25, 0.3) is 0 Å². The number of carbonyl (C=O) groups excluding carboxylic acids is 1. The summed E-state index contributed by atoms with van der Waals surface area (Å²) >= 11 is 0. The van der Waals surface area contributed by atoms with Gasteiger partial charge in [-0.3, -0.25) is 0 Å². The summed E-state index contributed by atoms with van der Waals surface area (Å²) in [4.78, 5) is 14.3. The van der Waals surface area contributed by atoms with Crippen molar-refractivity contribution in [2.24, 2.45) is 11.7 Å². The second-order valence-electron chi connectivity index (χ2n) is 5.42. The van der Waals surface area contributed by atoms with Crippen molar-refractivity contribution in [2.45, 2.75) is 38.8 Å². The molecule has 1 saturated carbocycles. The Balaban J connectivity index is 1.92. The van der Waals surface area contributed by atoms with Crippen molar-refractivity contribution in [1.29, 1.82) is 0 Å². The molecule has 0 radical (unpaired) electrons. The second-order valence-corrected chi connectivity index (χ2v) is 5.42. The zero-order valence-corrected chi connectivity index (χ0v) is 12.2. The van der Waals surface area contributed by atoms with Crippen molar-refractivity contribution in [3.8, 4) is 0 Å². The Labute approximate surface area is 121 Å². The van der Waals surface area contributed by atoms with Crippen LogP contribution in [0.15, 0.2) is 30.3 Å². The molecule has 4 nitrogen and oxygen atoms in total. The van der Waals surface area contributed by atoms with Gasteiger partial charge in [0.1, 0.15) is 0 Å². The smallest absolute Gasteiger partial charge is 0.317 e. The summed E-state index contributed by atoms with van der Waals surface area (Å²) in [6.45, 7) is 4.03. The quantitative estimate of drug-likeness (QED) is 0.866. The molecular formula is C16H25N3O. The largest absolute Gasteiger partial charge is 0.334 e. The minimum atomic E-state index is 0.0294. The molecule has 2 atom stereocenters. The van der Waals surface area contributed by atoms with E-state index in [-0.39, 0.29) is 6.03 Å². The van der Waals surface area contributed by atoms with Gasteiger partial charge in [0.25, 0.3) is 0 Å². The Kier molecular flexibility index (Phi) is 5.41. The topological polar surface area (TPSA) is 58.4 Å². The number of hydrogen-bond donors (Lipinski definition) is 2. The molecule has 2 rings (SSSR count). The lowest BCUT2D eigenvalue weighted by Crippen LogP contribution is -2.48. The summed E-state index contributed by atoms with van der Waals surface area (Å²) < 4.78 is 0. The molecule has 110 valence electrons. The molecule has 1 aromatic carbocycles. The molecule has 4 heteroatoms. The van der Waals surface area contributed by atoms with Gasteiger partial charge in [-0.15, -0.1) is 0 Å². The molecule has 2 amide bonds. The lowest BCUT2D eigenvalue weighted by Gasteiger charge is -2.32. The first-order valence-corrected chi connectivity index (χ1v) is 7.54. The predicted octanol–water partition coefficient (Wildman–Crippen LogP) is 2.35. The van der Waals surface area contributed by atoms with Crippen molar-refractivity contribution >= 4 is 6.03 Å². The van der Waals surface area contributed by atoms with Crippen LogP contribution in [0.5, 0.6) is 0 Å². The predicted molar refractivity (Wildman–Crippen MR) is 81.2 cm³/mol. The Morgan fingerprint density at radius 2 is 2.10 bits per heavy atom. The van der Waals surface area contributed by atoms with E-state index in [2.05, 4.69) is 5.32 Å². The second kappa shape index (κ2) is 7.29. The van der Waals surface area contributed by atoms with E-state index in [0.29, 0.717) is 25.0 Å². The minimum absolute atomic E-state index is 0.0294. The average molecular weight is 275 g/mol. The third-order valence-electron chi connectivity index (χ3n) is 4.21. The Bertz CT molecular complexity index is 421. The van der Waals surface area contributed by atoms with Crippen molar-refractivity contribution in [3.63, 3.8) is 0 Å². The normalized spacial score (nSPS) is 21.7. The van der Waals surface area contributed by atoms with Crippen molar-refractivity contribution in [2.75, 3.05) is 13.1 Å². The van der Waals surface area contributed by atoms with Crippen LogP contribution in [0.1, 0.15) is 31.7 Å². The van der Waals surface area contributed by atoms with E-state index in [1.165, 1.54) is 6.42 Å².